The molecule has 2 aromatic rings. The molecule has 1 aliphatic heterocycles. The zero-order chi connectivity index (χ0) is 14.0. The molecule has 1 N–H and O–H groups in total. The van der Waals surface area contributed by atoms with Crippen LogP contribution in [0.15, 0.2) is 58.1 Å². The van der Waals surface area contributed by atoms with Gasteiger partial charge in [0, 0.05) is 18.1 Å². The van der Waals surface area contributed by atoms with Gasteiger partial charge in [-0.2, -0.15) is 8.42 Å². The highest BCUT2D eigenvalue weighted by Gasteiger charge is 2.24. The number of para-hydroxylation sites is 1. The average molecular weight is 305 g/mol. The highest BCUT2D eigenvalue weighted by molar-refractivity contribution is 8.14. The van der Waals surface area contributed by atoms with E-state index in [4.69, 9.17) is 0 Å². The van der Waals surface area contributed by atoms with Crippen LogP contribution in [0.1, 0.15) is 5.56 Å². The number of fused-ring (bicyclic) bond motifs is 1. The van der Waals surface area contributed by atoms with Gasteiger partial charge in [0.05, 0.1) is 5.69 Å². The molecule has 0 saturated carbocycles. The number of nitrogens with zero attached hydrogens (tertiary/aromatic N) is 2. The van der Waals surface area contributed by atoms with Crippen LogP contribution in [-0.4, -0.2) is 18.6 Å². The number of aromatic nitrogens is 1. The summed E-state index contributed by atoms with van der Waals surface area (Å²) in [5.41, 5.74) is 1.58. The molecule has 0 bridgehead atoms. The molecular weight excluding hydrogens is 294 g/mol. The predicted octanol–water partition coefficient (Wildman–Crippen LogP) is 2.49. The summed E-state index contributed by atoms with van der Waals surface area (Å²) in [5.74, 6) is 0.608. The molecule has 0 fully saturated rings. The lowest BCUT2D eigenvalue weighted by molar-refractivity contribution is 0.598. The predicted molar refractivity (Wildman–Crippen MR) is 80.2 cm³/mol. The first-order valence-electron chi connectivity index (χ1n) is 5.88. The standard InChI is InChI=1S/C13H11N3O2S2/c17-20(18)12-6-2-1-5-11(12)15-13(16-20)19-9-10-4-3-7-14-8-10/h1-8H,9H2,(H,15,16). The van der Waals surface area contributed by atoms with E-state index in [0.717, 1.165) is 5.56 Å². The third-order valence-corrected chi connectivity index (χ3v) is 5.10. The van der Waals surface area contributed by atoms with E-state index in [1.165, 1.54) is 11.8 Å². The minimum Gasteiger partial charge on any atom is -0.333 e. The first-order valence-corrected chi connectivity index (χ1v) is 8.30. The highest BCUT2D eigenvalue weighted by Crippen LogP contribution is 2.29. The van der Waals surface area contributed by atoms with Gasteiger partial charge in [0.1, 0.15) is 4.90 Å². The number of nitrogens with one attached hydrogen (secondary N) is 1. The van der Waals surface area contributed by atoms with Crippen molar-refractivity contribution in [1.29, 1.82) is 0 Å². The topological polar surface area (TPSA) is 71.4 Å². The number of rotatable bonds is 2. The molecule has 3 rings (SSSR count). The van der Waals surface area contributed by atoms with E-state index in [0.29, 0.717) is 16.6 Å². The van der Waals surface area contributed by atoms with Gasteiger partial charge in [-0.15, -0.1) is 4.40 Å². The van der Waals surface area contributed by atoms with E-state index in [2.05, 4.69) is 14.7 Å². The van der Waals surface area contributed by atoms with Crippen LogP contribution in [0.4, 0.5) is 5.69 Å². The van der Waals surface area contributed by atoms with Crippen LogP contribution in [0.25, 0.3) is 0 Å². The Morgan fingerprint density at radius 2 is 2.00 bits per heavy atom. The number of hydrogen-bond acceptors (Lipinski definition) is 5. The third-order valence-electron chi connectivity index (χ3n) is 2.71. The van der Waals surface area contributed by atoms with Crippen LogP contribution in [0.3, 0.4) is 0 Å². The molecule has 0 aliphatic carbocycles. The van der Waals surface area contributed by atoms with Gasteiger partial charge in [-0.05, 0) is 23.8 Å². The first-order chi connectivity index (χ1) is 9.65. The molecule has 0 atom stereocenters. The second-order valence-electron chi connectivity index (χ2n) is 4.14. The van der Waals surface area contributed by atoms with E-state index in [-0.39, 0.29) is 4.90 Å². The summed E-state index contributed by atoms with van der Waals surface area (Å²) in [5, 5.41) is 3.42. The number of hydrogen-bond donors (Lipinski definition) is 1. The Kier molecular flexibility index (Phi) is 3.45. The van der Waals surface area contributed by atoms with E-state index in [9.17, 15) is 8.42 Å². The zero-order valence-electron chi connectivity index (χ0n) is 10.4. The van der Waals surface area contributed by atoms with Gasteiger partial charge in [0.2, 0.25) is 0 Å². The molecule has 0 amide bonds. The highest BCUT2D eigenvalue weighted by atomic mass is 32.2. The van der Waals surface area contributed by atoms with E-state index in [1.807, 2.05) is 12.1 Å². The summed E-state index contributed by atoms with van der Waals surface area (Å²) in [6.07, 6.45) is 3.45. The zero-order valence-corrected chi connectivity index (χ0v) is 12.0. The lowest BCUT2D eigenvalue weighted by Gasteiger charge is -2.17. The lowest BCUT2D eigenvalue weighted by Crippen LogP contribution is -2.18. The Labute approximate surface area is 121 Å². The molecule has 1 aliphatic rings. The molecule has 0 spiro atoms. The number of anilines is 1. The molecule has 0 unspecified atom stereocenters. The molecule has 0 saturated heterocycles. The number of sulfonamides is 1. The summed E-state index contributed by atoms with van der Waals surface area (Å²) in [7, 11) is -3.61. The van der Waals surface area contributed by atoms with Crippen LogP contribution in [0.5, 0.6) is 0 Å². The van der Waals surface area contributed by atoms with Crippen molar-refractivity contribution < 1.29 is 8.42 Å². The Bertz CT molecular complexity index is 758. The fourth-order valence-electron chi connectivity index (χ4n) is 1.79. The maximum absolute atomic E-state index is 12.0. The largest absolute Gasteiger partial charge is 0.333 e. The number of amidine groups is 1. The summed E-state index contributed by atoms with van der Waals surface area (Å²) in [6, 6.07) is 10.5. The maximum Gasteiger partial charge on any atom is 0.286 e. The first kappa shape index (κ1) is 13.1. The monoisotopic (exact) mass is 305 g/mol. The van der Waals surface area contributed by atoms with Gasteiger partial charge in [-0.25, -0.2) is 0 Å². The molecule has 102 valence electrons. The van der Waals surface area contributed by atoms with Crippen LogP contribution >= 0.6 is 11.8 Å². The van der Waals surface area contributed by atoms with Crippen molar-refractivity contribution in [2.45, 2.75) is 10.6 Å². The second-order valence-corrected chi connectivity index (χ2v) is 6.68. The molecule has 1 aromatic heterocycles. The van der Waals surface area contributed by atoms with Gasteiger partial charge in [-0.1, -0.05) is 30.0 Å². The summed E-state index contributed by atoms with van der Waals surface area (Å²) in [6.45, 7) is 0. The molecule has 5 nitrogen and oxygen atoms in total. The number of pyridine rings is 1. The van der Waals surface area contributed by atoms with Gasteiger partial charge < -0.3 is 5.32 Å². The van der Waals surface area contributed by atoms with Crippen LogP contribution in [0.2, 0.25) is 0 Å². The van der Waals surface area contributed by atoms with E-state index < -0.39 is 10.0 Å². The van der Waals surface area contributed by atoms with E-state index >= 15 is 0 Å². The minimum atomic E-state index is -3.61. The molecule has 20 heavy (non-hydrogen) atoms. The molecule has 2 heterocycles. The van der Waals surface area contributed by atoms with Crippen molar-refractivity contribution in [2.24, 2.45) is 4.40 Å². The quantitative estimate of drug-likeness (QED) is 0.923. The van der Waals surface area contributed by atoms with E-state index in [1.54, 1.807) is 36.7 Å². The van der Waals surface area contributed by atoms with Crippen molar-refractivity contribution in [3.8, 4) is 0 Å². The van der Waals surface area contributed by atoms with Crippen LogP contribution < -0.4 is 5.32 Å². The molecule has 1 aromatic carbocycles. The van der Waals surface area contributed by atoms with Crippen molar-refractivity contribution >= 4 is 32.6 Å². The Morgan fingerprint density at radius 1 is 1.15 bits per heavy atom. The van der Waals surface area contributed by atoms with Crippen molar-refractivity contribution in [3.05, 3.63) is 54.4 Å². The third kappa shape index (κ3) is 2.68. The van der Waals surface area contributed by atoms with Crippen molar-refractivity contribution in [3.63, 3.8) is 0 Å². The SMILES string of the molecule is O=S1(=O)N=C(SCc2cccnc2)Nc2ccccc21. The molecule has 0 radical (unpaired) electrons. The Morgan fingerprint density at radius 3 is 2.80 bits per heavy atom. The normalized spacial score (nSPS) is 15.9. The Balaban J connectivity index is 1.82. The van der Waals surface area contributed by atoms with Crippen LogP contribution in [0, 0.1) is 0 Å². The Hall–Kier alpha value is -1.86. The van der Waals surface area contributed by atoms with Gasteiger partial charge in [-0.3, -0.25) is 4.98 Å². The summed E-state index contributed by atoms with van der Waals surface area (Å²) < 4.78 is 27.9. The fraction of sp³-hybridized carbons (Fsp3) is 0.0769. The average Bonchev–Trinajstić information content (AvgIpc) is 2.46. The minimum absolute atomic E-state index is 0.214. The van der Waals surface area contributed by atoms with Crippen molar-refractivity contribution in [1.82, 2.24) is 4.98 Å². The number of thioether (sulfide) groups is 1. The van der Waals surface area contributed by atoms with Crippen molar-refractivity contribution in [2.75, 3.05) is 5.32 Å². The number of benzene rings is 1. The van der Waals surface area contributed by atoms with Gasteiger partial charge >= 0.3 is 0 Å². The smallest absolute Gasteiger partial charge is 0.286 e. The van der Waals surface area contributed by atoms with Gasteiger partial charge in [0.25, 0.3) is 10.0 Å². The second kappa shape index (κ2) is 5.26. The molecule has 7 heteroatoms. The molecular formula is C13H11N3O2S2. The van der Waals surface area contributed by atoms with Crippen LogP contribution in [-0.2, 0) is 15.8 Å². The lowest BCUT2D eigenvalue weighted by atomic mass is 10.3. The summed E-state index contributed by atoms with van der Waals surface area (Å²) >= 11 is 1.34. The summed E-state index contributed by atoms with van der Waals surface area (Å²) in [4.78, 5) is 4.23. The maximum atomic E-state index is 12.0. The fourth-order valence-corrected chi connectivity index (χ4v) is 3.96. The van der Waals surface area contributed by atoms with Gasteiger partial charge in [0.15, 0.2) is 5.17 Å².